The number of carboxylic acid groups (broad SMARTS) is 1. The van der Waals surface area contributed by atoms with Crippen LogP contribution in [0.5, 0.6) is 5.75 Å². The quantitative estimate of drug-likeness (QED) is 0.879. The molecule has 2 aromatic rings. The molecule has 21 heavy (non-hydrogen) atoms. The van der Waals surface area contributed by atoms with E-state index in [4.69, 9.17) is 9.84 Å². The summed E-state index contributed by atoms with van der Waals surface area (Å²) < 4.78 is 5.69. The van der Waals surface area contributed by atoms with E-state index in [1.165, 1.54) is 0 Å². The zero-order valence-electron chi connectivity index (χ0n) is 11.8. The average Bonchev–Trinajstić information content (AvgIpc) is 2.45. The number of rotatable bonds is 5. The van der Waals surface area contributed by atoms with Crippen LogP contribution in [-0.4, -0.2) is 27.7 Å². The zero-order valence-corrected chi connectivity index (χ0v) is 11.8. The molecule has 0 aliphatic rings. The van der Waals surface area contributed by atoms with E-state index in [0.717, 1.165) is 6.20 Å². The Hall–Kier alpha value is -2.63. The Labute approximate surface area is 121 Å². The van der Waals surface area contributed by atoms with E-state index >= 15 is 0 Å². The largest absolute Gasteiger partial charge is 0.493 e. The second-order valence-electron chi connectivity index (χ2n) is 4.98. The molecule has 0 aliphatic heterocycles. The maximum Gasteiger partial charge on any atom is 0.342 e. The number of hydrogen-bond donors (Lipinski definition) is 2. The lowest BCUT2D eigenvalue weighted by Gasteiger charge is -2.12. The number of benzene rings is 1. The molecule has 0 amide bonds. The maximum absolute atomic E-state index is 11.7. The predicted octanol–water partition coefficient (Wildman–Crippen LogP) is 2.17. The summed E-state index contributed by atoms with van der Waals surface area (Å²) in [7, 11) is 0. The Morgan fingerprint density at radius 1 is 1.38 bits per heavy atom. The number of nitrogens with zero attached hydrogens (tertiary/aromatic N) is 1. The first-order valence-electron chi connectivity index (χ1n) is 6.54. The molecular formula is C15H16N2O4. The minimum absolute atomic E-state index is 0.282. The number of carbonyl (C=O) groups is 1. The number of aromatic carboxylic acids is 1. The minimum atomic E-state index is -1.31. The van der Waals surface area contributed by atoms with Crippen LogP contribution in [0.4, 0.5) is 0 Å². The van der Waals surface area contributed by atoms with Crippen molar-refractivity contribution in [3.63, 3.8) is 0 Å². The van der Waals surface area contributed by atoms with Crippen molar-refractivity contribution in [2.45, 2.75) is 13.8 Å². The van der Waals surface area contributed by atoms with Gasteiger partial charge >= 0.3 is 5.97 Å². The molecule has 2 N–H and O–H groups in total. The smallest absolute Gasteiger partial charge is 0.342 e. The van der Waals surface area contributed by atoms with Crippen molar-refractivity contribution < 1.29 is 14.6 Å². The van der Waals surface area contributed by atoms with Crippen LogP contribution in [0.3, 0.4) is 0 Å². The van der Waals surface area contributed by atoms with Crippen LogP contribution in [0.25, 0.3) is 11.4 Å². The third-order valence-corrected chi connectivity index (χ3v) is 2.74. The summed E-state index contributed by atoms with van der Waals surface area (Å²) in [6, 6.07) is 7.16. The number of nitrogens with one attached hydrogen (secondary N) is 1. The number of H-pyrrole nitrogens is 1. The SMILES string of the molecule is CC(C)COc1ccccc1-c1ncc(C(=O)O)c(=O)[nH]1. The molecule has 1 aromatic heterocycles. The molecule has 110 valence electrons. The van der Waals surface area contributed by atoms with E-state index in [0.29, 0.717) is 23.8 Å². The highest BCUT2D eigenvalue weighted by Gasteiger charge is 2.13. The molecule has 0 saturated carbocycles. The average molecular weight is 288 g/mol. The van der Waals surface area contributed by atoms with Crippen LogP contribution >= 0.6 is 0 Å². The number of ether oxygens (including phenoxy) is 1. The second-order valence-corrected chi connectivity index (χ2v) is 4.98. The highest BCUT2D eigenvalue weighted by molar-refractivity contribution is 5.86. The van der Waals surface area contributed by atoms with Gasteiger partial charge in [0.25, 0.3) is 5.56 Å². The Bertz CT molecular complexity index is 707. The maximum atomic E-state index is 11.7. The van der Waals surface area contributed by atoms with Gasteiger partial charge in [-0.3, -0.25) is 4.79 Å². The molecule has 6 nitrogen and oxygen atoms in total. The topological polar surface area (TPSA) is 92.3 Å². The highest BCUT2D eigenvalue weighted by Crippen LogP contribution is 2.26. The molecule has 0 saturated heterocycles. The first-order chi connectivity index (χ1) is 9.99. The molecule has 1 aromatic carbocycles. The molecule has 0 spiro atoms. The third kappa shape index (κ3) is 3.47. The van der Waals surface area contributed by atoms with Crippen molar-refractivity contribution in [2.75, 3.05) is 6.61 Å². The van der Waals surface area contributed by atoms with Gasteiger partial charge in [-0.05, 0) is 18.1 Å². The molecule has 0 radical (unpaired) electrons. The van der Waals surface area contributed by atoms with E-state index in [9.17, 15) is 9.59 Å². The van der Waals surface area contributed by atoms with Gasteiger partial charge in [0.15, 0.2) is 0 Å². The van der Waals surface area contributed by atoms with Crippen LogP contribution in [0.2, 0.25) is 0 Å². The normalized spacial score (nSPS) is 10.6. The van der Waals surface area contributed by atoms with E-state index in [-0.39, 0.29) is 11.4 Å². The lowest BCUT2D eigenvalue weighted by Crippen LogP contribution is -2.19. The summed E-state index contributed by atoms with van der Waals surface area (Å²) in [6.45, 7) is 4.60. The van der Waals surface area contributed by atoms with Crippen LogP contribution in [0.1, 0.15) is 24.2 Å². The minimum Gasteiger partial charge on any atom is -0.493 e. The first kappa shape index (κ1) is 14.8. The monoisotopic (exact) mass is 288 g/mol. The van der Waals surface area contributed by atoms with E-state index in [1.807, 2.05) is 19.9 Å². The fraction of sp³-hybridized carbons (Fsp3) is 0.267. The van der Waals surface area contributed by atoms with Crippen LogP contribution in [0.15, 0.2) is 35.3 Å². The van der Waals surface area contributed by atoms with Gasteiger partial charge in [0, 0.05) is 6.20 Å². The Kier molecular flexibility index (Phi) is 4.37. The number of aromatic amines is 1. The van der Waals surface area contributed by atoms with Gasteiger partial charge < -0.3 is 14.8 Å². The summed E-state index contributed by atoms with van der Waals surface area (Å²) in [4.78, 5) is 29.0. The fourth-order valence-electron chi connectivity index (χ4n) is 1.73. The molecule has 0 fully saturated rings. The summed E-state index contributed by atoms with van der Waals surface area (Å²) in [5.74, 6) is -0.0686. The number of hydrogen-bond acceptors (Lipinski definition) is 4. The van der Waals surface area contributed by atoms with Gasteiger partial charge in [-0.2, -0.15) is 0 Å². The van der Waals surface area contributed by atoms with Gasteiger partial charge in [-0.15, -0.1) is 0 Å². The van der Waals surface area contributed by atoms with Gasteiger partial charge in [-0.1, -0.05) is 26.0 Å². The number of carboxylic acids is 1. The molecular weight excluding hydrogens is 272 g/mol. The van der Waals surface area contributed by atoms with Gasteiger partial charge in [0.2, 0.25) is 0 Å². The van der Waals surface area contributed by atoms with Crippen LogP contribution in [0, 0.1) is 5.92 Å². The highest BCUT2D eigenvalue weighted by atomic mass is 16.5. The summed E-state index contributed by atoms with van der Waals surface area (Å²) in [6.07, 6.45) is 1.05. The summed E-state index contributed by atoms with van der Waals surface area (Å²) >= 11 is 0. The lowest BCUT2D eigenvalue weighted by molar-refractivity contribution is 0.0694. The fourth-order valence-corrected chi connectivity index (χ4v) is 1.73. The zero-order chi connectivity index (χ0) is 15.4. The second kappa shape index (κ2) is 6.21. The first-order valence-corrected chi connectivity index (χ1v) is 6.54. The Morgan fingerprint density at radius 3 is 2.71 bits per heavy atom. The van der Waals surface area contributed by atoms with Crippen molar-refractivity contribution in [1.29, 1.82) is 0 Å². The predicted molar refractivity (Wildman–Crippen MR) is 77.6 cm³/mol. The molecule has 0 bridgehead atoms. The Balaban J connectivity index is 2.40. The summed E-state index contributed by atoms with van der Waals surface area (Å²) in [5.41, 5.74) is -0.460. The molecule has 6 heteroatoms. The molecule has 0 atom stereocenters. The van der Waals surface area contributed by atoms with E-state index < -0.39 is 11.5 Å². The van der Waals surface area contributed by atoms with Crippen LogP contribution in [-0.2, 0) is 0 Å². The molecule has 1 heterocycles. The number of aromatic nitrogens is 2. The van der Waals surface area contributed by atoms with E-state index in [2.05, 4.69) is 9.97 Å². The molecule has 0 unspecified atom stereocenters. The van der Waals surface area contributed by atoms with Gasteiger partial charge in [0.05, 0.1) is 12.2 Å². The van der Waals surface area contributed by atoms with E-state index in [1.54, 1.807) is 18.2 Å². The molecule has 0 aliphatic carbocycles. The Morgan fingerprint density at radius 2 is 2.10 bits per heavy atom. The third-order valence-electron chi connectivity index (χ3n) is 2.74. The standard InChI is InChI=1S/C15H16N2O4/c1-9(2)8-21-12-6-4-3-5-10(12)13-16-7-11(15(19)20)14(18)17-13/h3-7,9H,8H2,1-2H3,(H,19,20)(H,16,17,18). The molecule has 2 rings (SSSR count). The van der Waals surface area contributed by atoms with Gasteiger partial charge in [-0.25, -0.2) is 9.78 Å². The van der Waals surface area contributed by atoms with Crippen LogP contribution < -0.4 is 10.3 Å². The van der Waals surface area contributed by atoms with Gasteiger partial charge in [0.1, 0.15) is 17.1 Å². The van der Waals surface area contributed by atoms with Crippen molar-refractivity contribution in [3.05, 3.63) is 46.4 Å². The lowest BCUT2D eigenvalue weighted by atomic mass is 10.1. The van der Waals surface area contributed by atoms with Crippen molar-refractivity contribution in [2.24, 2.45) is 5.92 Å². The summed E-state index contributed by atoms with van der Waals surface area (Å²) in [5, 5.41) is 8.84. The van der Waals surface area contributed by atoms with Crippen molar-refractivity contribution in [3.8, 4) is 17.1 Å². The number of para-hydroxylation sites is 1. The van der Waals surface area contributed by atoms with Crippen molar-refractivity contribution in [1.82, 2.24) is 9.97 Å². The van der Waals surface area contributed by atoms with Crippen molar-refractivity contribution >= 4 is 5.97 Å².